The third-order valence-electron chi connectivity index (χ3n) is 2.93. The SMILES string of the molecule is C=CCOC(=O)c1cc(Cl)c(OCc2ccc(Cl)c(Cl)c2)c(Br)c1. The smallest absolute Gasteiger partial charge is 0.338 e. The van der Waals surface area contributed by atoms with Crippen molar-refractivity contribution < 1.29 is 14.3 Å². The molecule has 0 unspecified atom stereocenters. The number of hydrogen-bond acceptors (Lipinski definition) is 3. The molecule has 0 bridgehead atoms. The first kappa shape index (κ1) is 19.1. The highest BCUT2D eigenvalue weighted by molar-refractivity contribution is 9.10. The number of benzene rings is 2. The van der Waals surface area contributed by atoms with E-state index >= 15 is 0 Å². The Balaban J connectivity index is 2.14. The highest BCUT2D eigenvalue weighted by Crippen LogP contribution is 2.35. The van der Waals surface area contributed by atoms with Crippen LogP contribution in [0.15, 0.2) is 47.5 Å². The van der Waals surface area contributed by atoms with Crippen LogP contribution < -0.4 is 4.74 Å². The normalized spacial score (nSPS) is 10.3. The van der Waals surface area contributed by atoms with E-state index in [0.717, 1.165) is 5.56 Å². The number of halogens is 4. The predicted octanol–water partition coefficient (Wildman–Crippen LogP) is 6.33. The van der Waals surface area contributed by atoms with E-state index in [2.05, 4.69) is 22.5 Å². The average Bonchev–Trinajstić information content (AvgIpc) is 2.54. The van der Waals surface area contributed by atoms with E-state index in [-0.39, 0.29) is 18.2 Å². The van der Waals surface area contributed by atoms with Crippen LogP contribution in [0.2, 0.25) is 15.1 Å². The van der Waals surface area contributed by atoms with Crippen molar-refractivity contribution in [3.05, 3.63) is 73.7 Å². The minimum Gasteiger partial charge on any atom is -0.486 e. The van der Waals surface area contributed by atoms with E-state index in [0.29, 0.717) is 25.8 Å². The lowest BCUT2D eigenvalue weighted by atomic mass is 10.2. The maximum absolute atomic E-state index is 11.9. The van der Waals surface area contributed by atoms with Crippen LogP contribution in [0.1, 0.15) is 15.9 Å². The van der Waals surface area contributed by atoms with Crippen LogP contribution in [0.25, 0.3) is 0 Å². The lowest BCUT2D eigenvalue weighted by molar-refractivity contribution is 0.0549. The van der Waals surface area contributed by atoms with Gasteiger partial charge in [-0.1, -0.05) is 53.5 Å². The van der Waals surface area contributed by atoms with Crippen LogP contribution in [-0.4, -0.2) is 12.6 Å². The summed E-state index contributed by atoms with van der Waals surface area (Å²) in [6.45, 7) is 3.86. The van der Waals surface area contributed by atoms with Crippen molar-refractivity contribution in [2.24, 2.45) is 0 Å². The van der Waals surface area contributed by atoms with Crippen molar-refractivity contribution in [1.82, 2.24) is 0 Å². The Labute approximate surface area is 163 Å². The van der Waals surface area contributed by atoms with Crippen molar-refractivity contribution in [2.45, 2.75) is 6.61 Å². The second kappa shape index (κ2) is 8.77. The van der Waals surface area contributed by atoms with Crippen LogP contribution in [0, 0.1) is 0 Å². The number of carbonyl (C=O) groups is 1. The van der Waals surface area contributed by atoms with Crippen molar-refractivity contribution in [3.63, 3.8) is 0 Å². The molecule has 0 spiro atoms. The van der Waals surface area contributed by atoms with E-state index in [1.807, 2.05) is 0 Å². The van der Waals surface area contributed by atoms with Crippen molar-refractivity contribution in [1.29, 1.82) is 0 Å². The Morgan fingerprint density at radius 2 is 1.88 bits per heavy atom. The zero-order chi connectivity index (χ0) is 17.7. The quantitative estimate of drug-likeness (QED) is 0.381. The number of ether oxygens (including phenoxy) is 2. The predicted molar refractivity (Wildman–Crippen MR) is 100 cm³/mol. The summed E-state index contributed by atoms with van der Waals surface area (Å²) >= 11 is 21.4. The molecule has 2 aromatic rings. The highest BCUT2D eigenvalue weighted by Gasteiger charge is 2.15. The van der Waals surface area contributed by atoms with E-state index in [9.17, 15) is 4.79 Å². The summed E-state index contributed by atoms with van der Waals surface area (Å²) in [5, 5.41) is 1.21. The number of rotatable bonds is 6. The molecule has 0 N–H and O–H groups in total. The Kier molecular flexibility index (Phi) is 6.99. The van der Waals surface area contributed by atoms with Gasteiger partial charge in [0.1, 0.15) is 13.2 Å². The van der Waals surface area contributed by atoms with Gasteiger partial charge in [-0.2, -0.15) is 0 Å². The summed E-state index contributed by atoms with van der Waals surface area (Å²) in [4.78, 5) is 11.9. The molecule has 0 aliphatic rings. The fourth-order valence-electron chi connectivity index (χ4n) is 1.82. The molecule has 0 aliphatic carbocycles. The molecule has 126 valence electrons. The fraction of sp³-hybridized carbons (Fsp3) is 0.118. The molecule has 24 heavy (non-hydrogen) atoms. The molecule has 0 aromatic heterocycles. The van der Waals surface area contributed by atoms with Crippen LogP contribution in [0.5, 0.6) is 5.75 Å². The van der Waals surface area contributed by atoms with Gasteiger partial charge in [0, 0.05) is 0 Å². The van der Waals surface area contributed by atoms with E-state index < -0.39 is 5.97 Å². The molecular weight excluding hydrogens is 438 g/mol. The molecule has 2 aromatic carbocycles. The van der Waals surface area contributed by atoms with Crippen molar-refractivity contribution >= 4 is 56.7 Å². The van der Waals surface area contributed by atoms with Crippen LogP contribution >= 0.6 is 50.7 Å². The molecule has 0 amide bonds. The molecule has 0 saturated heterocycles. The van der Waals surface area contributed by atoms with Gasteiger partial charge in [-0.25, -0.2) is 4.79 Å². The van der Waals surface area contributed by atoms with Gasteiger partial charge in [-0.15, -0.1) is 0 Å². The standard InChI is InChI=1S/C17H12BrCl3O3/c1-2-5-23-17(22)11-7-12(18)16(15(21)8-11)24-9-10-3-4-13(19)14(20)6-10/h2-4,6-8H,1,5,9H2. The Morgan fingerprint density at radius 3 is 2.50 bits per heavy atom. The first-order valence-corrected chi connectivity index (χ1v) is 8.69. The Morgan fingerprint density at radius 1 is 1.12 bits per heavy atom. The van der Waals surface area contributed by atoms with Gasteiger partial charge in [-0.3, -0.25) is 0 Å². The average molecular weight is 451 g/mol. The molecule has 0 radical (unpaired) electrons. The second-order valence-corrected chi connectivity index (χ2v) is 6.77. The topological polar surface area (TPSA) is 35.5 Å². The van der Waals surface area contributed by atoms with Gasteiger partial charge in [-0.05, 0) is 45.8 Å². The monoisotopic (exact) mass is 448 g/mol. The van der Waals surface area contributed by atoms with Crippen LogP contribution in [0.4, 0.5) is 0 Å². The van der Waals surface area contributed by atoms with Crippen molar-refractivity contribution in [2.75, 3.05) is 6.61 Å². The molecule has 2 rings (SSSR count). The summed E-state index contributed by atoms with van der Waals surface area (Å²) in [6, 6.07) is 8.28. The zero-order valence-electron chi connectivity index (χ0n) is 12.3. The first-order valence-electron chi connectivity index (χ1n) is 6.76. The molecule has 7 heteroatoms. The van der Waals surface area contributed by atoms with Gasteiger partial charge >= 0.3 is 5.97 Å². The van der Waals surface area contributed by atoms with Crippen molar-refractivity contribution in [3.8, 4) is 5.75 Å². The molecule has 3 nitrogen and oxygen atoms in total. The molecule has 0 saturated carbocycles. The summed E-state index contributed by atoms with van der Waals surface area (Å²) in [5.74, 6) is -0.0726. The lowest BCUT2D eigenvalue weighted by Crippen LogP contribution is -2.06. The van der Waals surface area contributed by atoms with E-state index in [4.69, 9.17) is 44.3 Å². The summed E-state index contributed by atoms with van der Waals surface area (Å²) < 4.78 is 11.2. The fourth-order valence-corrected chi connectivity index (χ4v) is 3.10. The summed E-state index contributed by atoms with van der Waals surface area (Å²) in [5.41, 5.74) is 1.15. The molecular formula is C17H12BrCl3O3. The summed E-state index contributed by atoms with van der Waals surface area (Å²) in [7, 11) is 0. The third-order valence-corrected chi connectivity index (χ3v) is 4.54. The van der Waals surface area contributed by atoms with E-state index in [1.54, 1.807) is 24.3 Å². The van der Waals surface area contributed by atoms with Crippen LogP contribution in [-0.2, 0) is 11.3 Å². The minimum absolute atomic E-state index is 0.129. The number of carbonyl (C=O) groups excluding carboxylic acids is 1. The maximum Gasteiger partial charge on any atom is 0.338 e. The van der Waals surface area contributed by atoms with Gasteiger partial charge in [0.05, 0.1) is 25.1 Å². The molecule has 0 atom stereocenters. The second-order valence-electron chi connectivity index (χ2n) is 4.69. The Bertz CT molecular complexity index is 755. The van der Waals surface area contributed by atoms with Gasteiger partial charge in [0.25, 0.3) is 0 Å². The first-order chi connectivity index (χ1) is 11.4. The third kappa shape index (κ3) is 4.90. The Hall–Kier alpha value is -1.20. The van der Waals surface area contributed by atoms with Gasteiger partial charge in [0.15, 0.2) is 5.75 Å². The minimum atomic E-state index is -0.492. The highest BCUT2D eigenvalue weighted by atomic mass is 79.9. The van der Waals surface area contributed by atoms with Gasteiger partial charge in [0.2, 0.25) is 0 Å². The number of hydrogen-bond donors (Lipinski definition) is 0. The number of esters is 1. The summed E-state index contributed by atoms with van der Waals surface area (Å²) in [6.07, 6.45) is 1.49. The van der Waals surface area contributed by atoms with Crippen LogP contribution in [0.3, 0.4) is 0 Å². The molecule has 0 aliphatic heterocycles. The largest absolute Gasteiger partial charge is 0.486 e. The lowest BCUT2D eigenvalue weighted by Gasteiger charge is -2.12. The zero-order valence-corrected chi connectivity index (χ0v) is 16.2. The van der Waals surface area contributed by atoms with Gasteiger partial charge < -0.3 is 9.47 Å². The molecule has 0 fully saturated rings. The van der Waals surface area contributed by atoms with E-state index in [1.165, 1.54) is 12.1 Å². The molecule has 0 heterocycles. The maximum atomic E-state index is 11.9.